The second-order valence-corrected chi connectivity index (χ2v) is 5.52. The zero-order chi connectivity index (χ0) is 15.2. The third-order valence-corrected chi connectivity index (χ3v) is 4.20. The summed E-state index contributed by atoms with van der Waals surface area (Å²) in [6.45, 7) is 2.10. The average Bonchev–Trinajstić information content (AvgIpc) is 2.53. The largest absolute Gasteiger partial charge is 0.361 e. The molecule has 1 aromatic heterocycles. The first kappa shape index (κ1) is 15.5. The van der Waals surface area contributed by atoms with Crippen molar-refractivity contribution in [2.24, 2.45) is 11.8 Å². The smallest absolute Gasteiger partial charge is 0.311 e. The zero-order valence-corrected chi connectivity index (χ0v) is 12.3. The van der Waals surface area contributed by atoms with Crippen molar-refractivity contribution < 1.29 is 4.92 Å². The van der Waals surface area contributed by atoms with Crippen LogP contribution in [0.3, 0.4) is 0 Å². The summed E-state index contributed by atoms with van der Waals surface area (Å²) in [4.78, 5) is 14.9. The van der Waals surface area contributed by atoms with Crippen LogP contribution in [-0.4, -0.2) is 15.9 Å². The predicted octanol–water partition coefficient (Wildman–Crippen LogP) is 3.05. The number of nitrogens with one attached hydrogen (secondary N) is 2. The van der Waals surface area contributed by atoms with Crippen molar-refractivity contribution >= 4 is 17.3 Å². The first-order valence-corrected chi connectivity index (χ1v) is 7.54. The van der Waals surface area contributed by atoms with Gasteiger partial charge in [-0.2, -0.15) is 0 Å². The van der Waals surface area contributed by atoms with E-state index >= 15 is 0 Å². The quantitative estimate of drug-likeness (QED) is 0.423. The van der Waals surface area contributed by atoms with E-state index in [2.05, 4.69) is 22.7 Å². The van der Waals surface area contributed by atoms with Gasteiger partial charge < -0.3 is 10.7 Å². The average molecular weight is 293 g/mol. The number of anilines is 2. The lowest BCUT2D eigenvalue weighted by molar-refractivity contribution is -0.384. The maximum absolute atomic E-state index is 11.1. The van der Waals surface area contributed by atoms with Gasteiger partial charge in [0.05, 0.1) is 4.92 Å². The molecule has 7 nitrogen and oxygen atoms in total. The molecular weight excluding hydrogens is 270 g/mol. The Morgan fingerprint density at radius 3 is 2.71 bits per heavy atom. The number of nitro groups is 1. The Hall–Kier alpha value is -1.89. The molecule has 0 aliphatic heterocycles. The minimum absolute atomic E-state index is 0.0109. The number of hydrogen-bond acceptors (Lipinski definition) is 6. The molecule has 0 saturated heterocycles. The van der Waals surface area contributed by atoms with E-state index in [-0.39, 0.29) is 11.7 Å². The first-order valence-electron chi connectivity index (χ1n) is 7.54. The van der Waals surface area contributed by atoms with Gasteiger partial charge in [-0.3, -0.25) is 10.1 Å². The van der Waals surface area contributed by atoms with Crippen LogP contribution in [0.15, 0.2) is 12.1 Å². The van der Waals surface area contributed by atoms with Gasteiger partial charge in [-0.05, 0) is 31.2 Å². The lowest BCUT2D eigenvalue weighted by Crippen LogP contribution is -2.31. The third-order valence-electron chi connectivity index (χ3n) is 4.20. The number of hydrazine groups is 1. The fraction of sp³-hybridized carbons (Fsp3) is 0.643. The fourth-order valence-corrected chi connectivity index (χ4v) is 3.05. The van der Waals surface area contributed by atoms with E-state index in [1.807, 2.05) is 0 Å². The van der Waals surface area contributed by atoms with Crippen molar-refractivity contribution in [2.75, 3.05) is 10.7 Å². The molecule has 1 heterocycles. The molecule has 21 heavy (non-hydrogen) atoms. The van der Waals surface area contributed by atoms with Crippen LogP contribution in [-0.2, 0) is 0 Å². The number of pyridine rings is 1. The highest BCUT2D eigenvalue weighted by Crippen LogP contribution is 2.31. The van der Waals surface area contributed by atoms with Crippen LogP contribution < -0.4 is 16.6 Å². The highest BCUT2D eigenvalue weighted by atomic mass is 16.6. The molecule has 2 rings (SSSR count). The van der Waals surface area contributed by atoms with E-state index in [1.165, 1.54) is 44.2 Å². The molecule has 1 aromatic rings. The zero-order valence-electron chi connectivity index (χ0n) is 12.3. The van der Waals surface area contributed by atoms with Crippen molar-refractivity contribution in [1.29, 1.82) is 0 Å². The van der Waals surface area contributed by atoms with E-state index in [0.717, 1.165) is 6.42 Å². The summed E-state index contributed by atoms with van der Waals surface area (Å²) in [6, 6.07) is 3.15. The molecule has 1 aliphatic rings. The van der Waals surface area contributed by atoms with Crippen molar-refractivity contribution in [3.8, 4) is 0 Å². The Morgan fingerprint density at radius 2 is 2.14 bits per heavy atom. The lowest BCUT2D eigenvalue weighted by atomic mass is 9.83. The van der Waals surface area contributed by atoms with Crippen LogP contribution in [0.5, 0.6) is 0 Å². The molecule has 1 fully saturated rings. The van der Waals surface area contributed by atoms with Gasteiger partial charge in [0.2, 0.25) is 5.82 Å². The summed E-state index contributed by atoms with van der Waals surface area (Å²) in [5.41, 5.74) is 2.42. The molecule has 0 spiro atoms. The van der Waals surface area contributed by atoms with Crippen molar-refractivity contribution in [3.63, 3.8) is 0 Å². The van der Waals surface area contributed by atoms with Crippen molar-refractivity contribution in [1.82, 2.24) is 4.98 Å². The Bertz CT molecular complexity index is 488. The molecule has 116 valence electrons. The van der Waals surface area contributed by atoms with E-state index in [9.17, 15) is 10.1 Å². The molecule has 1 aliphatic carbocycles. The number of hydrogen-bond donors (Lipinski definition) is 3. The van der Waals surface area contributed by atoms with Crippen LogP contribution in [0.4, 0.5) is 17.3 Å². The minimum Gasteiger partial charge on any atom is -0.361 e. The molecular formula is C14H23N5O2. The highest BCUT2D eigenvalue weighted by Gasteiger charge is 2.25. The molecule has 0 bridgehead atoms. The van der Waals surface area contributed by atoms with Gasteiger partial charge in [0.25, 0.3) is 0 Å². The topological polar surface area (TPSA) is 106 Å². The van der Waals surface area contributed by atoms with E-state index in [4.69, 9.17) is 5.84 Å². The number of rotatable bonds is 6. The molecule has 1 atom stereocenters. The lowest BCUT2D eigenvalue weighted by Gasteiger charge is -2.30. The summed E-state index contributed by atoms with van der Waals surface area (Å²) in [7, 11) is 0. The number of nitrogens with zero attached hydrogens (tertiary/aromatic N) is 2. The maximum Gasteiger partial charge on any atom is 0.311 e. The van der Waals surface area contributed by atoms with E-state index < -0.39 is 4.92 Å². The summed E-state index contributed by atoms with van der Waals surface area (Å²) in [6.07, 6.45) is 7.04. The predicted molar refractivity (Wildman–Crippen MR) is 83.0 cm³/mol. The molecule has 0 radical (unpaired) electrons. The van der Waals surface area contributed by atoms with Crippen LogP contribution in [0.2, 0.25) is 0 Å². The normalized spacial score (nSPS) is 17.2. The minimum atomic E-state index is -0.413. The second-order valence-electron chi connectivity index (χ2n) is 5.52. The van der Waals surface area contributed by atoms with Gasteiger partial charge in [0.15, 0.2) is 0 Å². The van der Waals surface area contributed by atoms with E-state index in [1.54, 1.807) is 0 Å². The van der Waals surface area contributed by atoms with Crippen LogP contribution >= 0.6 is 0 Å². The van der Waals surface area contributed by atoms with Gasteiger partial charge in [-0.15, -0.1) is 0 Å². The van der Waals surface area contributed by atoms with Gasteiger partial charge in [0, 0.05) is 12.1 Å². The van der Waals surface area contributed by atoms with Crippen LogP contribution in [0.25, 0.3) is 0 Å². The monoisotopic (exact) mass is 293 g/mol. The summed E-state index contributed by atoms with van der Waals surface area (Å²) in [5, 5.41) is 14.4. The molecule has 1 unspecified atom stereocenters. The standard InChI is InChI=1S/C14H23N5O2/c1-2-11(10-6-4-3-5-7-10)16-14-12(19(20)21)8-9-13(17-14)18-15/h8-11H,2-7,15H2,1H3,(H2,16,17,18). The molecule has 0 amide bonds. The third kappa shape index (κ3) is 3.81. The molecule has 4 N–H and O–H groups in total. The SMILES string of the molecule is CCC(Nc1nc(NN)ccc1[N+](=O)[O-])C1CCCCC1. The molecule has 0 aromatic carbocycles. The fourth-order valence-electron chi connectivity index (χ4n) is 3.05. The summed E-state index contributed by atoms with van der Waals surface area (Å²) >= 11 is 0. The van der Waals surface area contributed by atoms with Gasteiger partial charge in [-0.25, -0.2) is 10.8 Å². The number of nitrogen functional groups attached to an aromatic ring is 1. The van der Waals surface area contributed by atoms with Gasteiger partial charge in [0.1, 0.15) is 5.82 Å². The summed E-state index contributed by atoms with van der Waals surface area (Å²) in [5.74, 6) is 6.61. The van der Waals surface area contributed by atoms with Crippen molar-refractivity contribution in [2.45, 2.75) is 51.5 Å². The van der Waals surface area contributed by atoms with Gasteiger partial charge in [-0.1, -0.05) is 26.2 Å². The maximum atomic E-state index is 11.1. The Balaban J connectivity index is 2.20. The Kier molecular flexibility index (Phi) is 5.32. The van der Waals surface area contributed by atoms with Crippen molar-refractivity contribution in [3.05, 3.63) is 22.2 Å². The number of nitrogens with two attached hydrogens (primary N) is 1. The van der Waals surface area contributed by atoms with Crippen LogP contribution in [0.1, 0.15) is 45.4 Å². The Labute approximate surface area is 124 Å². The highest BCUT2D eigenvalue weighted by molar-refractivity contribution is 5.60. The van der Waals surface area contributed by atoms with Crippen LogP contribution in [0, 0.1) is 16.0 Å². The van der Waals surface area contributed by atoms with E-state index in [0.29, 0.717) is 17.6 Å². The molecule has 7 heteroatoms. The second kappa shape index (κ2) is 7.21. The summed E-state index contributed by atoms with van der Waals surface area (Å²) < 4.78 is 0. The number of aromatic nitrogens is 1. The van der Waals surface area contributed by atoms with Gasteiger partial charge >= 0.3 is 5.69 Å². The molecule has 1 saturated carbocycles. The first-order chi connectivity index (χ1) is 10.2. The Morgan fingerprint density at radius 1 is 1.43 bits per heavy atom.